The van der Waals surface area contributed by atoms with E-state index in [1.165, 1.54) is 12.1 Å². The molecule has 2 N–H and O–H groups in total. The number of hydrogen-bond acceptors (Lipinski definition) is 5. The molecular formula is C19H17F3N4O2. The lowest BCUT2D eigenvalue weighted by molar-refractivity contribution is -0.137. The Morgan fingerprint density at radius 2 is 1.86 bits per heavy atom. The number of H-pyrrole nitrogens is 1. The summed E-state index contributed by atoms with van der Waals surface area (Å²) in [6, 6.07) is 11.8. The van der Waals surface area contributed by atoms with E-state index in [-0.39, 0.29) is 23.8 Å². The third-order valence-electron chi connectivity index (χ3n) is 3.82. The fourth-order valence-corrected chi connectivity index (χ4v) is 2.51. The normalized spacial score (nSPS) is 11.3. The van der Waals surface area contributed by atoms with Crippen molar-refractivity contribution in [3.8, 4) is 5.75 Å². The Morgan fingerprint density at radius 1 is 1.11 bits per heavy atom. The maximum Gasteiger partial charge on any atom is 0.416 e. The predicted molar refractivity (Wildman–Crippen MR) is 97.8 cm³/mol. The first kappa shape index (κ1) is 19.4. The molecule has 0 radical (unpaired) electrons. The number of aromatic amines is 1. The Hall–Kier alpha value is -3.36. The molecule has 0 bridgehead atoms. The number of rotatable bonds is 6. The second-order valence-corrected chi connectivity index (χ2v) is 5.91. The molecule has 1 heterocycles. The van der Waals surface area contributed by atoms with Crippen molar-refractivity contribution < 1.29 is 17.9 Å². The molecule has 0 amide bonds. The number of alkyl halides is 3. The first-order valence-corrected chi connectivity index (χ1v) is 8.47. The molecule has 9 heteroatoms. The first-order chi connectivity index (χ1) is 13.3. The summed E-state index contributed by atoms with van der Waals surface area (Å²) >= 11 is 0. The van der Waals surface area contributed by atoms with Gasteiger partial charge in [-0.15, -0.1) is 10.2 Å². The van der Waals surface area contributed by atoms with Crippen LogP contribution in [0.1, 0.15) is 23.7 Å². The van der Waals surface area contributed by atoms with Crippen LogP contribution >= 0.6 is 0 Å². The SMILES string of the molecule is CCOc1ccc(Cc2nnc(Nc3cccc(C(F)(F)F)c3)[nH]c2=O)cc1. The third kappa shape index (κ3) is 4.87. The maximum atomic E-state index is 12.8. The van der Waals surface area contributed by atoms with Gasteiger partial charge in [0.1, 0.15) is 11.4 Å². The summed E-state index contributed by atoms with van der Waals surface area (Å²) in [4.78, 5) is 14.7. The number of hydrogen-bond donors (Lipinski definition) is 2. The highest BCUT2D eigenvalue weighted by Gasteiger charge is 2.30. The van der Waals surface area contributed by atoms with Gasteiger partial charge in [-0.05, 0) is 42.8 Å². The van der Waals surface area contributed by atoms with Gasteiger partial charge in [0.05, 0.1) is 12.2 Å². The molecule has 0 spiro atoms. The Kier molecular flexibility index (Phi) is 5.62. The van der Waals surface area contributed by atoms with Crippen LogP contribution < -0.4 is 15.6 Å². The molecule has 0 aliphatic heterocycles. The van der Waals surface area contributed by atoms with Gasteiger partial charge in [0.25, 0.3) is 5.56 Å². The molecule has 0 saturated carbocycles. The Morgan fingerprint density at radius 3 is 2.50 bits per heavy atom. The van der Waals surface area contributed by atoms with E-state index >= 15 is 0 Å². The molecule has 0 fully saturated rings. The highest BCUT2D eigenvalue weighted by Crippen LogP contribution is 2.31. The van der Waals surface area contributed by atoms with Gasteiger partial charge in [0.2, 0.25) is 5.95 Å². The van der Waals surface area contributed by atoms with Crippen LogP contribution in [0.3, 0.4) is 0 Å². The third-order valence-corrected chi connectivity index (χ3v) is 3.82. The summed E-state index contributed by atoms with van der Waals surface area (Å²) in [5, 5.41) is 10.4. The van der Waals surface area contributed by atoms with Crippen molar-refractivity contribution in [1.82, 2.24) is 15.2 Å². The zero-order valence-corrected chi connectivity index (χ0v) is 14.9. The zero-order valence-electron chi connectivity index (χ0n) is 14.9. The van der Waals surface area contributed by atoms with Crippen LogP contribution in [0.5, 0.6) is 5.75 Å². The van der Waals surface area contributed by atoms with E-state index in [4.69, 9.17) is 4.74 Å². The second-order valence-electron chi connectivity index (χ2n) is 5.91. The van der Waals surface area contributed by atoms with Gasteiger partial charge in [-0.25, -0.2) is 0 Å². The van der Waals surface area contributed by atoms with Crippen molar-refractivity contribution in [2.75, 3.05) is 11.9 Å². The van der Waals surface area contributed by atoms with Crippen LogP contribution in [0.2, 0.25) is 0 Å². The average Bonchev–Trinajstić information content (AvgIpc) is 2.65. The Balaban J connectivity index is 1.73. The van der Waals surface area contributed by atoms with Gasteiger partial charge in [-0.3, -0.25) is 9.78 Å². The minimum absolute atomic E-state index is 0.0419. The van der Waals surface area contributed by atoms with Gasteiger partial charge in [-0.2, -0.15) is 13.2 Å². The minimum atomic E-state index is -4.46. The molecule has 146 valence electrons. The van der Waals surface area contributed by atoms with Gasteiger partial charge in [0, 0.05) is 12.1 Å². The number of aromatic nitrogens is 3. The first-order valence-electron chi connectivity index (χ1n) is 8.47. The molecule has 2 aromatic carbocycles. The van der Waals surface area contributed by atoms with Crippen LogP contribution in [0.4, 0.5) is 24.8 Å². The van der Waals surface area contributed by atoms with Gasteiger partial charge >= 0.3 is 6.18 Å². The van der Waals surface area contributed by atoms with E-state index in [1.807, 2.05) is 19.1 Å². The van der Waals surface area contributed by atoms with Gasteiger partial charge in [-0.1, -0.05) is 18.2 Å². The molecule has 0 saturated heterocycles. The summed E-state index contributed by atoms with van der Waals surface area (Å²) in [5.41, 5.74) is -0.0992. The summed E-state index contributed by atoms with van der Waals surface area (Å²) in [7, 11) is 0. The number of anilines is 2. The van der Waals surface area contributed by atoms with E-state index in [1.54, 1.807) is 12.1 Å². The van der Waals surface area contributed by atoms with Crippen LogP contribution in [-0.4, -0.2) is 21.8 Å². The molecule has 1 aromatic heterocycles. The lowest BCUT2D eigenvalue weighted by atomic mass is 10.1. The van der Waals surface area contributed by atoms with Crippen molar-refractivity contribution in [3.63, 3.8) is 0 Å². The molecular weight excluding hydrogens is 373 g/mol. The summed E-state index contributed by atoms with van der Waals surface area (Å²) < 4.78 is 43.7. The number of halogens is 3. The second kappa shape index (κ2) is 8.12. The largest absolute Gasteiger partial charge is 0.494 e. The topological polar surface area (TPSA) is 79.9 Å². The zero-order chi connectivity index (χ0) is 20.1. The number of nitrogens with one attached hydrogen (secondary N) is 2. The molecule has 28 heavy (non-hydrogen) atoms. The highest BCUT2D eigenvalue weighted by atomic mass is 19.4. The quantitative estimate of drug-likeness (QED) is 0.667. The number of ether oxygens (including phenoxy) is 1. The van der Waals surface area contributed by atoms with Gasteiger partial charge < -0.3 is 10.1 Å². The predicted octanol–water partition coefficient (Wildman–Crippen LogP) is 3.92. The molecule has 0 atom stereocenters. The smallest absolute Gasteiger partial charge is 0.416 e. The van der Waals surface area contributed by atoms with Crippen LogP contribution in [0, 0.1) is 0 Å². The standard InChI is InChI=1S/C19H17F3N4O2/c1-2-28-15-8-6-12(7-9-15)10-16-17(27)24-18(26-25-16)23-14-5-3-4-13(11-14)19(20,21)22/h3-9,11H,2,10H2,1H3,(H2,23,24,26,27). The van der Waals surface area contributed by atoms with E-state index in [0.29, 0.717) is 6.61 Å². The fraction of sp³-hybridized carbons (Fsp3) is 0.211. The van der Waals surface area contributed by atoms with Crippen molar-refractivity contribution in [3.05, 3.63) is 75.7 Å². The summed E-state index contributed by atoms with van der Waals surface area (Å²) in [6.45, 7) is 2.45. The molecule has 3 rings (SSSR count). The Labute approximate surface area is 158 Å². The van der Waals surface area contributed by atoms with E-state index < -0.39 is 17.3 Å². The van der Waals surface area contributed by atoms with Crippen LogP contribution in [0.25, 0.3) is 0 Å². The maximum absolute atomic E-state index is 12.8. The molecule has 3 aromatic rings. The summed E-state index contributed by atoms with van der Waals surface area (Å²) in [5.74, 6) is 0.687. The Bertz CT molecular complexity index is 1000. The fourth-order valence-electron chi connectivity index (χ4n) is 2.51. The van der Waals surface area contributed by atoms with Gasteiger partial charge in [0.15, 0.2) is 0 Å². The van der Waals surface area contributed by atoms with Crippen LogP contribution in [-0.2, 0) is 12.6 Å². The molecule has 0 aliphatic rings. The van der Waals surface area contributed by atoms with Crippen LogP contribution in [0.15, 0.2) is 53.3 Å². The average molecular weight is 390 g/mol. The lowest BCUT2D eigenvalue weighted by Gasteiger charge is -2.10. The minimum Gasteiger partial charge on any atom is -0.494 e. The van der Waals surface area contributed by atoms with E-state index in [2.05, 4.69) is 20.5 Å². The monoisotopic (exact) mass is 390 g/mol. The highest BCUT2D eigenvalue weighted by molar-refractivity contribution is 5.54. The summed E-state index contributed by atoms with van der Waals surface area (Å²) in [6.07, 6.45) is -4.20. The number of benzene rings is 2. The number of nitrogens with zero attached hydrogens (tertiary/aromatic N) is 2. The van der Waals surface area contributed by atoms with Crippen molar-refractivity contribution in [1.29, 1.82) is 0 Å². The van der Waals surface area contributed by atoms with Crippen molar-refractivity contribution in [2.24, 2.45) is 0 Å². The van der Waals surface area contributed by atoms with Crippen molar-refractivity contribution in [2.45, 2.75) is 19.5 Å². The molecule has 0 aliphatic carbocycles. The lowest BCUT2D eigenvalue weighted by Crippen LogP contribution is -2.19. The van der Waals surface area contributed by atoms with Crippen molar-refractivity contribution >= 4 is 11.6 Å². The molecule has 0 unspecified atom stereocenters. The van der Waals surface area contributed by atoms with E-state index in [9.17, 15) is 18.0 Å². The van der Waals surface area contributed by atoms with E-state index in [0.717, 1.165) is 23.4 Å². The molecule has 6 nitrogen and oxygen atoms in total.